The van der Waals surface area contributed by atoms with Crippen molar-refractivity contribution >= 4 is 21.9 Å². The van der Waals surface area contributed by atoms with Gasteiger partial charge in [0.25, 0.3) is 0 Å². The van der Waals surface area contributed by atoms with Crippen LogP contribution in [0, 0.1) is 0 Å². The first-order chi connectivity index (χ1) is 8.16. The average Bonchev–Trinajstić information content (AvgIpc) is 2.67. The molecular weight excluding hydrogens is 291 g/mol. The van der Waals surface area contributed by atoms with Crippen molar-refractivity contribution in [2.24, 2.45) is 0 Å². The molecule has 1 aliphatic heterocycles. The SMILES string of the molecule is O=C(OC[C@@H]1CC(F)[C@H](Br)O1)c1ccccc1. The minimum atomic E-state index is -1.05. The Morgan fingerprint density at radius 2 is 2.18 bits per heavy atom. The molecule has 3 nitrogen and oxygen atoms in total. The average molecular weight is 303 g/mol. The number of carbonyl (C=O) groups excluding carboxylic acids is 1. The van der Waals surface area contributed by atoms with Crippen LogP contribution in [0.25, 0.3) is 0 Å². The number of halogens is 2. The quantitative estimate of drug-likeness (QED) is 0.636. The molecule has 92 valence electrons. The molecule has 0 spiro atoms. The molecule has 0 N–H and O–H groups in total. The molecule has 1 aliphatic rings. The number of esters is 1. The molecule has 3 atom stereocenters. The topological polar surface area (TPSA) is 35.5 Å². The van der Waals surface area contributed by atoms with Crippen LogP contribution in [0.3, 0.4) is 0 Å². The first kappa shape index (κ1) is 12.5. The summed E-state index contributed by atoms with van der Waals surface area (Å²) in [6, 6.07) is 8.68. The summed E-state index contributed by atoms with van der Waals surface area (Å²) in [5.74, 6) is -0.414. The Hall–Kier alpha value is -0.940. The fourth-order valence-corrected chi connectivity index (χ4v) is 2.14. The maximum atomic E-state index is 13.1. The fraction of sp³-hybridized carbons (Fsp3) is 0.417. The minimum absolute atomic E-state index is 0.0796. The van der Waals surface area contributed by atoms with Crippen LogP contribution in [0.5, 0.6) is 0 Å². The molecule has 0 aromatic heterocycles. The Morgan fingerprint density at radius 3 is 2.76 bits per heavy atom. The van der Waals surface area contributed by atoms with Crippen molar-refractivity contribution in [3.05, 3.63) is 35.9 Å². The third-order valence-electron chi connectivity index (χ3n) is 2.50. The maximum Gasteiger partial charge on any atom is 0.338 e. The number of carbonyl (C=O) groups is 1. The summed E-state index contributed by atoms with van der Waals surface area (Å²) in [5, 5.41) is -0.595. The first-order valence-electron chi connectivity index (χ1n) is 5.32. The van der Waals surface area contributed by atoms with Gasteiger partial charge in [0.2, 0.25) is 0 Å². The highest BCUT2D eigenvalue weighted by Crippen LogP contribution is 2.27. The summed E-state index contributed by atoms with van der Waals surface area (Å²) in [5.41, 5.74) is 0.484. The van der Waals surface area contributed by atoms with Crippen LogP contribution < -0.4 is 0 Å². The number of alkyl halides is 2. The molecule has 2 rings (SSSR count). The van der Waals surface area contributed by atoms with Crippen molar-refractivity contribution in [2.45, 2.75) is 23.7 Å². The lowest BCUT2D eigenvalue weighted by Crippen LogP contribution is -2.18. The van der Waals surface area contributed by atoms with E-state index in [-0.39, 0.29) is 19.1 Å². The Morgan fingerprint density at radius 1 is 1.47 bits per heavy atom. The Kier molecular flexibility index (Phi) is 4.12. The van der Waals surface area contributed by atoms with Crippen LogP contribution in [-0.2, 0) is 9.47 Å². The van der Waals surface area contributed by atoms with Crippen molar-refractivity contribution in [3.8, 4) is 0 Å². The van der Waals surface area contributed by atoms with Gasteiger partial charge in [-0.25, -0.2) is 9.18 Å². The highest BCUT2D eigenvalue weighted by atomic mass is 79.9. The standard InChI is InChI=1S/C12H12BrFO3/c13-11-10(14)6-9(17-11)7-16-12(15)8-4-2-1-3-5-8/h1-5,9-11H,6-7H2/t9-,10?,11+/m0/s1. The third kappa shape index (κ3) is 3.26. The van der Waals surface area contributed by atoms with E-state index in [4.69, 9.17) is 9.47 Å². The van der Waals surface area contributed by atoms with E-state index in [9.17, 15) is 9.18 Å². The number of benzene rings is 1. The molecule has 1 fully saturated rings. The van der Waals surface area contributed by atoms with Crippen LogP contribution in [0.15, 0.2) is 30.3 Å². The highest BCUT2D eigenvalue weighted by Gasteiger charge is 2.34. The molecule has 1 unspecified atom stereocenters. The lowest BCUT2D eigenvalue weighted by Gasteiger charge is -2.10. The molecule has 0 radical (unpaired) electrons. The van der Waals surface area contributed by atoms with Gasteiger partial charge in [0.1, 0.15) is 17.8 Å². The zero-order valence-corrected chi connectivity index (χ0v) is 10.6. The summed E-state index contributed by atoms with van der Waals surface area (Å²) >= 11 is 3.06. The van der Waals surface area contributed by atoms with Crippen LogP contribution in [0.1, 0.15) is 16.8 Å². The molecular formula is C12H12BrFO3. The van der Waals surface area contributed by atoms with E-state index in [1.807, 2.05) is 6.07 Å². The molecule has 0 amide bonds. The van der Waals surface area contributed by atoms with E-state index >= 15 is 0 Å². The van der Waals surface area contributed by atoms with Gasteiger partial charge in [-0.15, -0.1) is 0 Å². The van der Waals surface area contributed by atoms with Crippen LogP contribution >= 0.6 is 15.9 Å². The molecule has 1 heterocycles. The van der Waals surface area contributed by atoms with E-state index in [1.165, 1.54) is 0 Å². The van der Waals surface area contributed by atoms with Gasteiger partial charge >= 0.3 is 5.97 Å². The summed E-state index contributed by atoms with van der Waals surface area (Å²) < 4.78 is 23.4. The molecule has 1 saturated heterocycles. The second-order valence-corrected chi connectivity index (χ2v) is 4.73. The van der Waals surface area contributed by atoms with Crippen molar-refractivity contribution in [1.82, 2.24) is 0 Å². The molecule has 0 bridgehead atoms. The van der Waals surface area contributed by atoms with E-state index < -0.39 is 17.2 Å². The Bertz CT molecular complexity index is 375. The molecule has 17 heavy (non-hydrogen) atoms. The van der Waals surface area contributed by atoms with E-state index in [0.717, 1.165) is 0 Å². The fourth-order valence-electron chi connectivity index (χ4n) is 1.62. The Labute approximate surface area is 107 Å². The third-order valence-corrected chi connectivity index (χ3v) is 3.29. The summed E-state index contributed by atoms with van der Waals surface area (Å²) in [7, 11) is 0. The lowest BCUT2D eigenvalue weighted by atomic mass is 10.2. The van der Waals surface area contributed by atoms with Crippen LogP contribution in [-0.4, -0.2) is 29.9 Å². The largest absolute Gasteiger partial charge is 0.459 e. The number of ether oxygens (including phenoxy) is 2. The minimum Gasteiger partial charge on any atom is -0.459 e. The molecule has 5 heteroatoms. The monoisotopic (exact) mass is 302 g/mol. The van der Waals surface area contributed by atoms with Gasteiger partial charge < -0.3 is 9.47 Å². The zero-order chi connectivity index (χ0) is 12.3. The van der Waals surface area contributed by atoms with Crippen molar-refractivity contribution < 1.29 is 18.7 Å². The summed E-state index contributed by atoms with van der Waals surface area (Å²) in [6.45, 7) is 0.0796. The van der Waals surface area contributed by atoms with Gasteiger partial charge in [-0.1, -0.05) is 34.1 Å². The number of rotatable bonds is 3. The molecule has 0 aliphatic carbocycles. The predicted octanol–water partition coefficient (Wildman–Crippen LogP) is 2.69. The lowest BCUT2D eigenvalue weighted by molar-refractivity contribution is 0.0107. The predicted molar refractivity (Wildman–Crippen MR) is 63.8 cm³/mol. The normalized spacial score (nSPS) is 28.0. The van der Waals surface area contributed by atoms with E-state index in [2.05, 4.69) is 15.9 Å². The van der Waals surface area contributed by atoms with Crippen LogP contribution in [0.4, 0.5) is 4.39 Å². The highest BCUT2D eigenvalue weighted by molar-refractivity contribution is 9.09. The second-order valence-electron chi connectivity index (χ2n) is 3.83. The van der Waals surface area contributed by atoms with E-state index in [0.29, 0.717) is 5.56 Å². The van der Waals surface area contributed by atoms with Gasteiger partial charge in [0.15, 0.2) is 0 Å². The van der Waals surface area contributed by atoms with E-state index in [1.54, 1.807) is 24.3 Å². The van der Waals surface area contributed by atoms with Gasteiger partial charge in [-0.2, -0.15) is 0 Å². The molecule has 0 saturated carbocycles. The first-order valence-corrected chi connectivity index (χ1v) is 6.24. The van der Waals surface area contributed by atoms with Crippen molar-refractivity contribution in [1.29, 1.82) is 0 Å². The van der Waals surface area contributed by atoms with Crippen LogP contribution in [0.2, 0.25) is 0 Å². The smallest absolute Gasteiger partial charge is 0.338 e. The van der Waals surface area contributed by atoms with Crippen molar-refractivity contribution in [2.75, 3.05) is 6.61 Å². The maximum absolute atomic E-state index is 13.1. The summed E-state index contributed by atoms with van der Waals surface area (Å²) in [4.78, 5) is 11.6. The second kappa shape index (κ2) is 5.60. The van der Waals surface area contributed by atoms with Gasteiger partial charge in [-0.3, -0.25) is 0 Å². The van der Waals surface area contributed by atoms with Crippen molar-refractivity contribution in [3.63, 3.8) is 0 Å². The van der Waals surface area contributed by atoms with Gasteiger partial charge in [0.05, 0.1) is 11.7 Å². The molecule has 1 aromatic rings. The number of hydrogen-bond donors (Lipinski definition) is 0. The van der Waals surface area contributed by atoms with Gasteiger partial charge in [-0.05, 0) is 12.1 Å². The summed E-state index contributed by atoms with van der Waals surface area (Å²) in [6.07, 6.45) is -1.17. The Balaban J connectivity index is 1.81. The zero-order valence-electron chi connectivity index (χ0n) is 9.01. The number of hydrogen-bond acceptors (Lipinski definition) is 3. The van der Waals surface area contributed by atoms with Gasteiger partial charge in [0, 0.05) is 6.42 Å². The molecule has 1 aromatic carbocycles.